The van der Waals surface area contributed by atoms with Crippen LogP contribution >= 0.6 is 0 Å². The zero-order chi connectivity index (χ0) is 7.78. The highest BCUT2D eigenvalue weighted by Crippen LogP contribution is 2.28. The summed E-state index contributed by atoms with van der Waals surface area (Å²) in [6, 6.07) is 1.99. The molecular formula is C6H8N4. The van der Waals surface area contributed by atoms with Crippen LogP contribution in [0.25, 0.3) is 0 Å². The maximum Gasteiger partial charge on any atom is 0.162 e. The second kappa shape index (κ2) is 1.87. The van der Waals surface area contributed by atoms with Gasteiger partial charge in [-0.25, -0.2) is 0 Å². The predicted octanol–water partition coefficient (Wildman–Crippen LogP) is 1.35. The first-order valence-corrected chi connectivity index (χ1v) is 2.99. The van der Waals surface area contributed by atoms with E-state index in [0.717, 1.165) is 0 Å². The van der Waals surface area contributed by atoms with Crippen molar-refractivity contribution in [1.82, 2.24) is 0 Å². The molecule has 10 heavy (non-hydrogen) atoms. The minimum Gasteiger partial charge on any atom is -0.284 e. The zero-order valence-corrected chi connectivity index (χ0v) is 5.92. The molecule has 0 saturated heterocycles. The first-order valence-electron chi connectivity index (χ1n) is 2.99. The summed E-state index contributed by atoms with van der Waals surface area (Å²) in [7, 11) is 0. The molecule has 0 aromatic rings. The summed E-state index contributed by atoms with van der Waals surface area (Å²) in [5.41, 5.74) is -0.494. The highest BCUT2D eigenvalue weighted by Gasteiger charge is 2.38. The molecular weight excluding hydrogens is 128 g/mol. The Morgan fingerprint density at radius 1 is 1.70 bits per heavy atom. The van der Waals surface area contributed by atoms with Crippen LogP contribution in [0.2, 0.25) is 0 Å². The number of hydrogen-bond acceptors (Lipinski definition) is 3. The van der Waals surface area contributed by atoms with E-state index in [1.165, 1.54) is 0 Å². The summed E-state index contributed by atoms with van der Waals surface area (Å²) in [5, 5.41) is 23.0. The highest BCUT2D eigenvalue weighted by molar-refractivity contribution is 5.87. The van der Waals surface area contributed by atoms with Gasteiger partial charge in [-0.3, -0.25) is 5.41 Å². The molecule has 1 unspecified atom stereocenters. The SMILES string of the molecule is CC1(C)N=NC(=N)C1C#N. The van der Waals surface area contributed by atoms with E-state index in [-0.39, 0.29) is 5.84 Å². The van der Waals surface area contributed by atoms with Gasteiger partial charge in [-0.05, 0) is 13.8 Å². The van der Waals surface area contributed by atoms with Crippen LogP contribution in [0.4, 0.5) is 0 Å². The van der Waals surface area contributed by atoms with Crippen molar-refractivity contribution in [3.63, 3.8) is 0 Å². The van der Waals surface area contributed by atoms with Crippen molar-refractivity contribution in [3.8, 4) is 6.07 Å². The van der Waals surface area contributed by atoms with Crippen molar-refractivity contribution in [2.24, 2.45) is 16.1 Å². The van der Waals surface area contributed by atoms with E-state index in [1.807, 2.05) is 6.07 Å². The van der Waals surface area contributed by atoms with E-state index < -0.39 is 11.5 Å². The third kappa shape index (κ3) is 0.798. The molecule has 0 aliphatic carbocycles. The van der Waals surface area contributed by atoms with Gasteiger partial charge in [0.2, 0.25) is 0 Å². The van der Waals surface area contributed by atoms with Crippen LogP contribution in [-0.2, 0) is 0 Å². The third-order valence-corrected chi connectivity index (χ3v) is 1.52. The van der Waals surface area contributed by atoms with Gasteiger partial charge in [0, 0.05) is 0 Å². The average Bonchev–Trinajstić information content (AvgIpc) is 2.07. The maximum absolute atomic E-state index is 8.56. The van der Waals surface area contributed by atoms with Crippen molar-refractivity contribution in [1.29, 1.82) is 10.7 Å². The smallest absolute Gasteiger partial charge is 0.162 e. The van der Waals surface area contributed by atoms with Crippen LogP contribution in [0.15, 0.2) is 10.2 Å². The number of nitrogens with zero attached hydrogens (tertiary/aromatic N) is 3. The van der Waals surface area contributed by atoms with Crippen molar-refractivity contribution >= 4 is 5.84 Å². The molecule has 0 aromatic heterocycles. The molecule has 1 N–H and O–H groups in total. The second-order valence-corrected chi connectivity index (χ2v) is 2.80. The molecule has 1 aliphatic heterocycles. The Morgan fingerprint density at radius 3 is 2.50 bits per heavy atom. The van der Waals surface area contributed by atoms with E-state index in [4.69, 9.17) is 10.7 Å². The number of azo groups is 1. The number of rotatable bonds is 0. The normalized spacial score (nSPS) is 28.5. The number of nitrogens with one attached hydrogen (secondary N) is 1. The summed E-state index contributed by atoms with van der Waals surface area (Å²) < 4.78 is 0. The fourth-order valence-corrected chi connectivity index (χ4v) is 0.852. The van der Waals surface area contributed by atoms with Crippen molar-refractivity contribution in [2.75, 3.05) is 0 Å². The highest BCUT2D eigenvalue weighted by atomic mass is 15.2. The van der Waals surface area contributed by atoms with Crippen LogP contribution < -0.4 is 0 Å². The molecule has 0 saturated carbocycles. The molecule has 0 spiro atoms. The van der Waals surface area contributed by atoms with Gasteiger partial charge < -0.3 is 0 Å². The number of hydrogen-bond donors (Lipinski definition) is 1. The molecule has 0 fully saturated rings. The molecule has 0 amide bonds. The van der Waals surface area contributed by atoms with Gasteiger partial charge in [0.1, 0.15) is 5.92 Å². The molecule has 1 aliphatic rings. The maximum atomic E-state index is 8.56. The Balaban J connectivity index is 2.95. The van der Waals surface area contributed by atoms with Crippen molar-refractivity contribution < 1.29 is 0 Å². The summed E-state index contributed by atoms with van der Waals surface area (Å²) in [6.45, 7) is 3.60. The van der Waals surface area contributed by atoms with Gasteiger partial charge in [0.05, 0.1) is 11.6 Å². The molecule has 4 heteroatoms. The first kappa shape index (κ1) is 6.87. The second-order valence-electron chi connectivity index (χ2n) is 2.80. The van der Waals surface area contributed by atoms with Gasteiger partial charge in [-0.1, -0.05) is 0 Å². The van der Waals surface area contributed by atoms with Crippen LogP contribution in [0.5, 0.6) is 0 Å². The minimum atomic E-state index is -0.494. The Kier molecular flexibility index (Phi) is 1.29. The lowest BCUT2D eigenvalue weighted by atomic mass is 9.90. The van der Waals surface area contributed by atoms with E-state index in [1.54, 1.807) is 13.8 Å². The molecule has 1 heterocycles. The summed E-state index contributed by atoms with van der Waals surface area (Å²) in [5.74, 6) is -0.389. The van der Waals surface area contributed by atoms with E-state index >= 15 is 0 Å². The minimum absolute atomic E-state index is 0.0764. The largest absolute Gasteiger partial charge is 0.284 e. The van der Waals surface area contributed by atoms with Gasteiger partial charge in [0.15, 0.2) is 5.84 Å². The Morgan fingerprint density at radius 2 is 2.30 bits per heavy atom. The molecule has 4 nitrogen and oxygen atoms in total. The molecule has 0 radical (unpaired) electrons. The lowest BCUT2D eigenvalue weighted by molar-refractivity contribution is 0.484. The van der Waals surface area contributed by atoms with Crippen LogP contribution in [0, 0.1) is 22.7 Å². The number of amidine groups is 1. The Labute approximate surface area is 59.1 Å². The van der Waals surface area contributed by atoms with Crippen LogP contribution in [0.1, 0.15) is 13.8 Å². The zero-order valence-electron chi connectivity index (χ0n) is 5.92. The Hall–Kier alpha value is -1.24. The van der Waals surface area contributed by atoms with Crippen molar-refractivity contribution in [2.45, 2.75) is 19.4 Å². The summed E-state index contributed by atoms with van der Waals surface area (Å²) in [4.78, 5) is 0. The molecule has 0 aromatic carbocycles. The summed E-state index contributed by atoms with van der Waals surface area (Å²) >= 11 is 0. The average molecular weight is 136 g/mol. The lowest BCUT2D eigenvalue weighted by Gasteiger charge is -2.14. The summed E-state index contributed by atoms with van der Waals surface area (Å²) in [6.07, 6.45) is 0. The van der Waals surface area contributed by atoms with E-state index in [0.29, 0.717) is 0 Å². The predicted molar refractivity (Wildman–Crippen MR) is 35.8 cm³/mol. The van der Waals surface area contributed by atoms with Gasteiger partial charge in [-0.15, -0.1) is 5.11 Å². The Bertz CT molecular complexity index is 233. The lowest BCUT2D eigenvalue weighted by Crippen LogP contribution is -2.27. The van der Waals surface area contributed by atoms with Gasteiger partial charge in [0.25, 0.3) is 0 Å². The van der Waals surface area contributed by atoms with Gasteiger partial charge in [-0.2, -0.15) is 10.4 Å². The topological polar surface area (TPSA) is 72.4 Å². The van der Waals surface area contributed by atoms with E-state index in [9.17, 15) is 0 Å². The van der Waals surface area contributed by atoms with Crippen LogP contribution in [-0.4, -0.2) is 11.4 Å². The van der Waals surface area contributed by atoms with E-state index in [2.05, 4.69) is 10.2 Å². The number of nitriles is 1. The van der Waals surface area contributed by atoms with Crippen LogP contribution in [0.3, 0.4) is 0 Å². The standard InChI is InChI=1S/C6H8N4/c1-6(2)4(3-7)5(8)9-10-6/h4,8H,1-2H3. The fraction of sp³-hybridized carbons (Fsp3) is 0.667. The van der Waals surface area contributed by atoms with Crippen molar-refractivity contribution in [3.05, 3.63) is 0 Å². The molecule has 0 bridgehead atoms. The quantitative estimate of drug-likeness (QED) is 0.536. The fourth-order valence-electron chi connectivity index (χ4n) is 0.852. The molecule has 1 rings (SSSR count). The third-order valence-electron chi connectivity index (χ3n) is 1.52. The van der Waals surface area contributed by atoms with Gasteiger partial charge >= 0.3 is 0 Å². The molecule has 1 atom stereocenters. The monoisotopic (exact) mass is 136 g/mol. The molecule has 52 valence electrons. The first-order chi connectivity index (χ1) is 4.58.